The van der Waals surface area contributed by atoms with Crippen LogP contribution in [0.15, 0.2) is 42.5 Å². The molecule has 0 amide bonds. The molecule has 0 aliphatic rings. The molecule has 0 aromatic heterocycles. The number of para-hydroxylation sites is 1. The molecule has 86 valence electrons. The summed E-state index contributed by atoms with van der Waals surface area (Å²) in [6.45, 7) is 0. The van der Waals surface area contributed by atoms with Gasteiger partial charge in [-0.25, -0.2) is 9.59 Å². The number of aliphatic carboxylic acids is 2. The van der Waals surface area contributed by atoms with Crippen molar-refractivity contribution in [2.45, 2.75) is 0 Å². The largest absolute Gasteiger partial charge is 0.478 e. The predicted molar refractivity (Wildman–Crippen MR) is 60.3 cm³/mol. The fourth-order valence-electron chi connectivity index (χ4n) is 0.644. The van der Waals surface area contributed by atoms with Crippen LogP contribution in [0, 0.1) is 0 Å². The standard InChI is InChI=1S/C6H6ClN.C4H4O4/c7-8-6-4-2-1-3-5-6;5-3(6)1-2-4(7)8/h1-5,8H;1-2H,(H,5,6)(H,7,8)/b;2-1-. The van der Waals surface area contributed by atoms with Gasteiger partial charge in [-0.3, -0.25) is 4.84 Å². The van der Waals surface area contributed by atoms with E-state index in [1.54, 1.807) is 0 Å². The third-order valence-electron chi connectivity index (χ3n) is 1.25. The normalized spacial score (nSPS) is 9.06. The molecule has 0 saturated heterocycles. The first kappa shape index (κ1) is 14.0. The molecule has 5 nitrogen and oxygen atoms in total. The molecular formula is C10H10ClNO4. The van der Waals surface area contributed by atoms with E-state index in [1.807, 2.05) is 30.3 Å². The van der Waals surface area contributed by atoms with E-state index >= 15 is 0 Å². The van der Waals surface area contributed by atoms with Crippen LogP contribution in [0.4, 0.5) is 5.69 Å². The molecule has 0 saturated carbocycles. The Morgan fingerprint density at radius 1 is 1.06 bits per heavy atom. The smallest absolute Gasteiger partial charge is 0.328 e. The number of halogens is 1. The SMILES string of the molecule is ClNc1ccccc1.O=C(O)/C=C\C(=O)O. The Morgan fingerprint density at radius 2 is 1.50 bits per heavy atom. The Bertz CT molecular complexity index is 348. The zero-order valence-corrected chi connectivity index (χ0v) is 8.89. The van der Waals surface area contributed by atoms with Gasteiger partial charge < -0.3 is 10.2 Å². The van der Waals surface area contributed by atoms with E-state index in [0.29, 0.717) is 12.2 Å². The Kier molecular flexibility index (Phi) is 7.27. The van der Waals surface area contributed by atoms with Gasteiger partial charge in [0.1, 0.15) is 0 Å². The number of rotatable bonds is 3. The molecule has 0 radical (unpaired) electrons. The molecule has 0 unspecified atom stereocenters. The highest BCUT2D eigenvalue weighted by molar-refractivity contribution is 6.23. The maximum Gasteiger partial charge on any atom is 0.328 e. The highest BCUT2D eigenvalue weighted by Crippen LogP contribution is 2.04. The second kappa shape index (κ2) is 8.31. The molecule has 0 heterocycles. The van der Waals surface area contributed by atoms with Crippen LogP contribution in [0.1, 0.15) is 0 Å². The van der Waals surface area contributed by atoms with Gasteiger partial charge in [0.15, 0.2) is 0 Å². The first-order chi connectivity index (χ1) is 7.56. The number of benzene rings is 1. The van der Waals surface area contributed by atoms with E-state index in [4.69, 9.17) is 22.0 Å². The molecule has 1 rings (SSSR count). The average molecular weight is 244 g/mol. The summed E-state index contributed by atoms with van der Waals surface area (Å²) in [5.41, 5.74) is 0.925. The number of carboxylic acids is 2. The maximum absolute atomic E-state index is 9.55. The third kappa shape index (κ3) is 8.58. The third-order valence-corrected chi connectivity index (χ3v) is 1.47. The summed E-state index contributed by atoms with van der Waals surface area (Å²) in [5.74, 6) is -2.51. The van der Waals surface area contributed by atoms with Gasteiger partial charge in [0.05, 0.1) is 0 Å². The van der Waals surface area contributed by atoms with Crippen LogP contribution < -0.4 is 4.84 Å². The molecule has 1 aromatic rings. The second-order valence-electron chi connectivity index (χ2n) is 2.47. The fraction of sp³-hybridized carbons (Fsp3) is 0. The van der Waals surface area contributed by atoms with Crippen LogP contribution in [-0.2, 0) is 9.59 Å². The van der Waals surface area contributed by atoms with E-state index in [-0.39, 0.29) is 0 Å². The van der Waals surface area contributed by atoms with Gasteiger partial charge in [0.2, 0.25) is 0 Å². The maximum atomic E-state index is 9.55. The Hall–Kier alpha value is -2.01. The molecule has 0 spiro atoms. The first-order valence-corrected chi connectivity index (χ1v) is 4.49. The van der Waals surface area contributed by atoms with Crippen LogP contribution in [0.5, 0.6) is 0 Å². The van der Waals surface area contributed by atoms with Gasteiger partial charge in [0.25, 0.3) is 0 Å². The van der Waals surface area contributed by atoms with E-state index in [9.17, 15) is 9.59 Å². The molecule has 3 N–H and O–H groups in total. The molecule has 0 aliphatic carbocycles. The minimum absolute atomic E-state index is 0.558. The number of carboxylic acid groups (broad SMARTS) is 2. The average Bonchev–Trinajstić information content (AvgIpc) is 2.28. The summed E-state index contributed by atoms with van der Waals surface area (Å²) in [5, 5.41) is 15.6. The van der Waals surface area contributed by atoms with Crippen molar-refractivity contribution in [3.63, 3.8) is 0 Å². The summed E-state index contributed by atoms with van der Waals surface area (Å²) in [7, 11) is 0. The van der Waals surface area contributed by atoms with Crippen molar-refractivity contribution in [1.82, 2.24) is 0 Å². The van der Waals surface area contributed by atoms with Crippen molar-refractivity contribution in [1.29, 1.82) is 0 Å². The lowest BCUT2D eigenvalue weighted by atomic mass is 10.3. The lowest BCUT2D eigenvalue weighted by molar-refractivity contribution is -0.134. The molecule has 0 bridgehead atoms. The van der Waals surface area contributed by atoms with E-state index < -0.39 is 11.9 Å². The van der Waals surface area contributed by atoms with Crippen LogP contribution in [0.3, 0.4) is 0 Å². The first-order valence-electron chi connectivity index (χ1n) is 4.12. The lowest BCUT2D eigenvalue weighted by Crippen LogP contribution is -1.91. The number of hydrogen-bond acceptors (Lipinski definition) is 3. The van der Waals surface area contributed by atoms with Crippen molar-refractivity contribution < 1.29 is 19.8 Å². The summed E-state index contributed by atoms with van der Waals surface area (Å²) in [6.07, 6.45) is 1.12. The van der Waals surface area contributed by atoms with Gasteiger partial charge in [-0.2, -0.15) is 0 Å². The zero-order chi connectivity index (χ0) is 12.4. The van der Waals surface area contributed by atoms with Crippen molar-refractivity contribution >= 4 is 29.4 Å². The minimum atomic E-state index is -1.26. The number of hydrogen-bond donors (Lipinski definition) is 3. The molecule has 0 fully saturated rings. The number of nitrogens with one attached hydrogen (secondary N) is 1. The van der Waals surface area contributed by atoms with Crippen molar-refractivity contribution in [2.24, 2.45) is 0 Å². The minimum Gasteiger partial charge on any atom is -0.478 e. The highest BCUT2D eigenvalue weighted by atomic mass is 35.5. The van der Waals surface area contributed by atoms with Gasteiger partial charge in [-0.15, -0.1) is 0 Å². The monoisotopic (exact) mass is 243 g/mol. The van der Waals surface area contributed by atoms with Crippen LogP contribution in [0.2, 0.25) is 0 Å². The molecule has 16 heavy (non-hydrogen) atoms. The summed E-state index contributed by atoms with van der Waals surface area (Å²) in [6, 6.07) is 9.58. The number of carbonyl (C=O) groups is 2. The Morgan fingerprint density at radius 3 is 1.75 bits per heavy atom. The van der Waals surface area contributed by atoms with Crippen molar-refractivity contribution in [3.8, 4) is 0 Å². The second-order valence-corrected chi connectivity index (χ2v) is 2.66. The van der Waals surface area contributed by atoms with Gasteiger partial charge in [-0.1, -0.05) is 18.2 Å². The van der Waals surface area contributed by atoms with Crippen molar-refractivity contribution in [2.75, 3.05) is 4.84 Å². The summed E-state index contributed by atoms with van der Waals surface area (Å²) in [4.78, 5) is 21.6. The lowest BCUT2D eigenvalue weighted by Gasteiger charge is -1.91. The van der Waals surface area contributed by atoms with Gasteiger partial charge >= 0.3 is 11.9 Å². The Balaban J connectivity index is 0.000000281. The van der Waals surface area contributed by atoms with Crippen molar-refractivity contribution in [3.05, 3.63) is 42.5 Å². The molecular weight excluding hydrogens is 234 g/mol. The van der Waals surface area contributed by atoms with E-state index in [1.165, 1.54) is 0 Å². The zero-order valence-electron chi connectivity index (χ0n) is 8.13. The van der Waals surface area contributed by atoms with Crippen LogP contribution >= 0.6 is 11.8 Å². The fourth-order valence-corrected chi connectivity index (χ4v) is 0.770. The molecule has 1 aromatic carbocycles. The quantitative estimate of drug-likeness (QED) is 0.558. The van der Waals surface area contributed by atoms with Crippen LogP contribution in [0.25, 0.3) is 0 Å². The molecule has 0 atom stereocenters. The van der Waals surface area contributed by atoms with E-state index in [0.717, 1.165) is 5.69 Å². The van der Waals surface area contributed by atoms with Gasteiger partial charge in [-0.05, 0) is 12.1 Å². The van der Waals surface area contributed by atoms with Gasteiger partial charge in [0, 0.05) is 29.6 Å². The predicted octanol–water partition coefficient (Wildman–Crippen LogP) is 1.96. The summed E-state index contributed by atoms with van der Waals surface area (Å²) < 4.78 is 0. The topological polar surface area (TPSA) is 86.6 Å². The van der Waals surface area contributed by atoms with Crippen LogP contribution in [-0.4, -0.2) is 22.2 Å². The highest BCUT2D eigenvalue weighted by Gasteiger charge is 1.88. The molecule has 6 heteroatoms. The number of anilines is 1. The molecule has 0 aliphatic heterocycles. The van der Waals surface area contributed by atoms with E-state index in [2.05, 4.69) is 4.84 Å². The Labute approximate surface area is 97.1 Å². The summed E-state index contributed by atoms with van der Waals surface area (Å²) >= 11 is 5.28.